The number of amides is 1. The third kappa shape index (κ3) is 5.35. The first-order valence-corrected chi connectivity index (χ1v) is 12.6. The molecule has 0 saturated carbocycles. The fourth-order valence-corrected chi connectivity index (χ4v) is 4.67. The number of nitrogens with one attached hydrogen (secondary N) is 1. The van der Waals surface area contributed by atoms with Crippen molar-refractivity contribution >= 4 is 15.9 Å². The summed E-state index contributed by atoms with van der Waals surface area (Å²) in [6.07, 6.45) is 1.53. The number of methoxy groups -OCH3 is 3. The highest BCUT2D eigenvalue weighted by atomic mass is 32.2. The van der Waals surface area contributed by atoms with E-state index in [2.05, 4.69) is 24.9 Å². The third-order valence-electron chi connectivity index (χ3n) is 5.26. The van der Waals surface area contributed by atoms with Gasteiger partial charge in [0, 0.05) is 11.8 Å². The Balaban J connectivity index is 1.86. The zero-order chi connectivity index (χ0) is 26.6. The molecule has 4 aromatic rings. The molecule has 2 heterocycles. The topological polar surface area (TPSA) is 147 Å². The molecule has 192 valence electrons. The van der Waals surface area contributed by atoms with Crippen LogP contribution in [0.2, 0.25) is 0 Å². The Labute approximate surface area is 213 Å². The van der Waals surface area contributed by atoms with Crippen molar-refractivity contribution in [1.82, 2.24) is 29.5 Å². The maximum Gasteiger partial charge on any atom is 0.303 e. The summed E-state index contributed by atoms with van der Waals surface area (Å²) >= 11 is 0. The second-order valence-corrected chi connectivity index (χ2v) is 9.48. The number of benzene rings is 2. The van der Waals surface area contributed by atoms with Crippen molar-refractivity contribution in [3.63, 3.8) is 0 Å². The molecule has 0 atom stereocenters. The summed E-state index contributed by atoms with van der Waals surface area (Å²) in [4.78, 5) is 22.0. The fraction of sp³-hybridized carbons (Fsp3) is 0.208. The summed E-state index contributed by atoms with van der Waals surface area (Å²) in [7, 11) is 0.268. The van der Waals surface area contributed by atoms with Crippen LogP contribution in [0.3, 0.4) is 0 Å². The van der Waals surface area contributed by atoms with E-state index in [4.69, 9.17) is 14.2 Å². The largest absolute Gasteiger partial charge is 0.494 e. The number of rotatable bonds is 9. The standard InChI is InChI=1S/C24H24N6O6S/c1-15-13-25-20(26-24(15)36-4)21-27-28-22(30(21)19-17(34-2)11-8-12-18(19)35-3)23(31)29-37(32,33)14-16-9-6-5-7-10-16/h5-13H,14H2,1-4H3,(H,29,31). The first kappa shape index (κ1) is 25.6. The lowest BCUT2D eigenvalue weighted by atomic mass is 10.2. The van der Waals surface area contributed by atoms with Gasteiger partial charge in [-0.05, 0) is 24.6 Å². The summed E-state index contributed by atoms with van der Waals surface area (Å²) < 4.78 is 45.3. The van der Waals surface area contributed by atoms with Gasteiger partial charge in [-0.3, -0.25) is 9.36 Å². The van der Waals surface area contributed by atoms with Crippen LogP contribution in [0.4, 0.5) is 0 Å². The maximum absolute atomic E-state index is 13.3. The van der Waals surface area contributed by atoms with Crippen molar-refractivity contribution in [2.45, 2.75) is 12.7 Å². The van der Waals surface area contributed by atoms with Crippen LogP contribution >= 0.6 is 0 Å². The van der Waals surface area contributed by atoms with Crippen molar-refractivity contribution in [3.8, 4) is 34.7 Å². The van der Waals surface area contributed by atoms with Gasteiger partial charge < -0.3 is 14.2 Å². The Kier molecular flexibility index (Phi) is 7.34. The van der Waals surface area contributed by atoms with E-state index in [9.17, 15) is 13.2 Å². The van der Waals surface area contributed by atoms with Gasteiger partial charge in [0.1, 0.15) is 17.2 Å². The lowest BCUT2D eigenvalue weighted by Crippen LogP contribution is -2.33. The highest BCUT2D eigenvalue weighted by Crippen LogP contribution is 2.36. The Morgan fingerprint density at radius 3 is 2.24 bits per heavy atom. The van der Waals surface area contributed by atoms with Crippen LogP contribution in [0.5, 0.6) is 17.4 Å². The Hall–Kier alpha value is -4.52. The van der Waals surface area contributed by atoms with Gasteiger partial charge in [-0.25, -0.2) is 18.1 Å². The van der Waals surface area contributed by atoms with Gasteiger partial charge in [0.15, 0.2) is 0 Å². The molecule has 1 amide bonds. The normalized spacial score (nSPS) is 11.1. The first-order valence-electron chi connectivity index (χ1n) is 10.9. The minimum atomic E-state index is -4.08. The van der Waals surface area contributed by atoms with Gasteiger partial charge in [-0.2, -0.15) is 4.98 Å². The molecule has 0 aliphatic carbocycles. The molecule has 0 saturated heterocycles. The number of ether oxygens (including phenoxy) is 3. The highest BCUT2D eigenvalue weighted by molar-refractivity contribution is 7.89. The molecule has 1 N–H and O–H groups in total. The Morgan fingerprint density at radius 2 is 1.62 bits per heavy atom. The average Bonchev–Trinajstić information content (AvgIpc) is 3.33. The van der Waals surface area contributed by atoms with Crippen molar-refractivity contribution in [1.29, 1.82) is 0 Å². The number of para-hydroxylation sites is 1. The van der Waals surface area contributed by atoms with Gasteiger partial charge in [-0.15, -0.1) is 10.2 Å². The van der Waals surface area contributed by atoms with Crippen LogP contribution in [0.1, 0.15) is 21.7 Å². The maximum atomic E-state index is 13.3. The number of carbonyl (C=O) groups excluding carboxylic acids is 1. The van der Waals surface area contributed by atoms with E-state index >= 15 is 0 Å². The minimum absolute atomic E-state index is 0.0340. The molecular formula is C24H24N6O6S. The number of sulfonamides is 1. The first-order chi connectivity index (χ1) is 17.8. The zero-order valence-corrected chi connectivity index (χ0v) is 21.3. The van der Waals surface area contributed by atoms with E-state index in [1.165, 1.54) is 32.1 Å². The molecular weight excluding hydrogens is 500 g/mol. The van der Waals surface area contributed by atoms with Gasteiger partial charge >= 0.3 is 5.91 Å². The number of aryl methyl sites for hydroxylation is 1. The minimum Gasteiger partial charge on any atom is -0.494 e. The molecule has 4 rings (SSSR count). The van der Waals surface area contributed by atoms with E-state index in [1.54, 1.807) is 55.5 Å². The lowest BCUT2D eigenvalue weighted by Gasteiger charge is -2.17. The molecule has 0 aliphatic heterocycles. The van der Waals surface area contributed by atoms with Crippen LogP contribution in [0, 0.1) is 6.92 Å². The van der Waals surface area contributed by atoms with Crippen molar-refractivity contribution < 1.29 is 27.4 Å². The molecule has 0 unspecified atom stereocenters. The smallest absolute Gasteiger partial charge is 0.303 e. The quantitative estimate of drug-likeness (QED) is 0.346. The zero-order valence-electron chi connectivity index (χ0n) is 20.5. The third-order valence-corrected chi connectivity index (χ3v) is 6.47. The van der Waals surface area contributed by atoms with Gasteiger partial charge in [0.2, 0.25) is 33.4 Å². The summed E-state index contributed by atoms with van der Waals surface area (Å²) in [6, 6.07) is 13.5. The predicted molar refractivity (Wildman–Crippen MR) is 133 cm³/mol. The second kappa shape index (κ2) is 10.6. The second-order valence-electron chi connectivity index (χ2n) is 7.76. The van der Waals surface area contributed by atoms with Gasteiger partial charge in [0.05, 0.1) is 27.1 Å². The van der Waals surface area contributed by atoms with E-state index in [-0.39, 0.29) is 23.2 Å². The van der Waals surface area contributed by atoms with E-state index in [0.717, 1.165) is 0 Å². The number of hydrogen-bond acceptors (Lipinski definition) is 10. The van der Waals surface area contributed by atoms with E-state index in [0.29, 0.717) is 28.5 Å². The van der Waals surface area contributed by atoms with Crippen LogP contribution in [0.15, 0.2) is 54.7 Å². The molecule has 0 radical (unpaired) electrons. The summed E-state index contributed by atoms with van der Waals surface area (Å²) in [5.74, 6) is -0.749. The predicted octanol–water partition coefficient (Wildman–Crippen LogP) is 2.32. The van der Waals surface area contributed by atoms with Crippen LogP contribution in [-0.2, 0) is 15.8 Å². The number of hydrogen-bond donors (Lipinski definition) is 1. The van der Waals surface area contributed by atoms with Crippen LogP contribution in [0.25, 0.3) is 17.3 Å². The summed E-state index contributed by atoms with van der Waals surface area (Å²) in [6.45, 7) is 1.77. The fourth-order valence-electron chi connectivity index (χ4n) is 3.60. The van der Waals surface area contributed by atoms with Gasteiger partial charge in [-0.1, -0.05) is 36.4 Å². The average molecular weight is 525 g/mol. The van der Waals surface area contributed by atoms with Gasteiger partial charge in [0.25, 0.3) is 0 Å². The molecule has 2 aromatic heterocycles. The molecule has 37 heavy (non-hydrogen) atoms. The van der Waals surface area contributed by atoms with E-state index in [1.807, 2.05) is 0 Å². The van der Waals surface area contributed by atoms with Crippen LogP contribution < -0.4 is 18.9 Å². The molecule has 0 spiro atoms. The SMILES string of the molecule is COc1cccc(OC)c1-n1c(C(=O)NS(=O)(=O)Cc2ccccc2)nnc1-c1ncc(C)c(OC)n1. The van der Waals surface area contributed by atoms with E-state index < -0.39 is 21.7 Å². The van der Waals surface area contributed by atoms with Crippen molar-refractivity contribution in [2.75, 3.05) is 21.3 Å². The number of nitrogens with zero attached hydrogens (tertiary/aromatic N) is 5. The Bertz CT molecular complexity index is 1520. The van der Waals surface area contributed by atoms with Crippen molar-refractivity contribution in [3.05, 3.63) is 71.7 Å². The molecule has 12 nitrogen and oxygen atoms in total. The van der Waals surface area contributed by atoms with Crippen molar-refractivity contribution in [2.24, 2.45) is 0 Å². The molecule has 2 aromatic carbocycles. The van der Waals surface area contributed by atoms with Crippen LogP contribution in [-0.4, -0.2) is 60.4 Å². The monoisotopic (exact) mass is 524 g/mol. The summed E-state index contributed by atoms with van der Waals surface area (Å²) in [5.41, 5.74) is 1.44. The molecule has 0 bridgehead atoms. The summed E-state index contributed by atoms with van der Waals surface area (Å²) in [5, 5.41) is 8.11. The lowest BCUT2D eigenvalue weighted by molar-refractivity contribution is 0.0969. The molecule has 0 fully saturated rings. The number of aromatic nitrogens is 5. The highest BCUT2D eigenvalue weighted by Gasteiger charge is 2.29. The Morgan fingerprint density at radius 1 is 0.946 bits per heavy atom. The number of carbonyl (C=O) groups is 1. The molecule has 13 heteroatoms. The molecule has 0 aliphatic rings.